The van der Waals surface area contributed by atoms with Gasteiger partial charge in [-0.3, -0.25) is 0 Å². The van der Waals surface area contributed by atoms with Crippen LogP contribution in [0.5, 0.6) is 0 Å². The van der Waals surface area contributed by atoms with Gasteiger partial charge in [-0.15, -0.1) is 0 Å². The minimum Gasteiger partial charge on any atom is -0.459 e. The molecule has 17 heavy (non-hydrogen) atoms. The van der Waals surface area contributed by atoms with E-state index in [1.54, 1.807) is 31.2 Å². The first kappa shape index (κ1) is 12.0. The number of nitrogens with one attached hydrogen (secondary N) is 1. The molecule has 2 aromatic rings. The Kier molecular flexibility index (Phi) is 3.11. The Morgan fingerprint density at radius 2 is 2.00 bits per heavy atom. The Balaban J connectivity index is 2.42. The van der Waals surface area contributed by atoms with Crippen molar-refractivity contribution in [2.75, 3.05) is 6.54 Å². The molecule has 0 saturated carbocycles. The summed E-state index contributed by atoms with van der Waals surface area (Å²) in [6.07, 6.45) is -4.36. The zero-order valence-corrected chi connectivity index (χ0v) is 9.21. The van der Waals surface area contributed by atoms with Crippen LogP contribution in [0.2, 0.25) is 0 Å². The topological polar surface area (TPSA) is 25.2 Å². The van der Waals surface area contributed by atoms with Gasteiger partial charge in [-0.05, 0) is 18.7 Å². The smallest absolute Gasteiger partial charge is 0.410 e. The third kappa shape index (κ3) is 2.44. The summed E-state index contributed by atoms with van der Waals surface area (Å²) in [5.41, 5.74) is 0.467. The molecule has 0 amide bonds. The second kappa shape index (κ2) is 4.41. The van der Waals surface area contributed by atoms with E-state index < -0.39 is 12.2 Å². The highest BCUT2D eigenvalue weighted by molar-refractivity contribution is 5.77. The second-order valence-corrected chi connectivity index (χ2v) is 3.72. The quantitative estimate of drug-likeness (QED) is 0.890. The summed E-state index contributed by atoms with van der Waals surface area (Å²) in [5, 5.41) is 3.06. The van der Waals surface area contributed by atoms with E-state index in [1.165, 1.54) is 6.07 Å². The predicted octanol–water partition coefficient (Wildman–Crippen LogP) is 3.65. The number of fused-ring (bicyclic) bond motifs is 1. The highest BCUT2D eigenvalue weighted by Gasteiger charge is 2.42. The molecule has 0 aliphatic carbocycles. The molecule has 1 N–H and O–H groups in total. The fraction of sp³-hybridized carbons (Fsp3) is 0.333. The molecule has 0 spiro atoms. The van der Waals surface area contributed by atoms with Gasteiger partial charge in [-0.1, -0.05) is 25.1 Å². The van der Waals surface area contributed by atoms with Crippen LogP contribution in [0.15, 0.2) is 34.7 Å². The fourth-order valence-corrected chi connectivity index (χ4v) is 1.73. The third-order valence-corrected chi connectivity index (χ3v) is 2.46. The molecule has 1 heterocycles. The molecule has 1 aromatic carbocycles. The number of benzene rings is 1. The molecule has 5 heteroatoms. The Labute approximate surface area is 96.4 Å². The molecule has 0 aliphatic heterocycles. The number of para-hydroxylation sites is 1. The molecule has 0 saturated heterocycles. The lowest BCUT2D eigenvalue weighted by molar-refractivity contribution is -0.161. The van der Waals surface area contributed by atoms with E-state index in [0.717, 1.165) is 0 Å². The van der Waals surface area contributed by atoms with Crippen molar-refractivity contribution >= 4 is 11.0 Å². The van der Waals surface area contributed by atoms with Crippen molar-refractivity contribution in [3.63, 3.8) is 0 Å². The lowest BCUT2D eigenvalue weighted by atomic mass is 10.2. The van der Waals surface area contributed by atoms with Crippen molar-refractivity contribution in [3.05, 3.63) is 36.1 Å². The summed E-state index contributed by atoms with van der Waals surface area (Å²) in [7, 11) is 0. The van der Waals surface area contributed by atoms with Gasteiger partial charge < -0.3 is 9.73 Å². The van der Waals surface area contributed by atoms with E-state index in [4.69, 9.17) is 4.42 Å². The van der Waals surface area contributed by atoms with E-state index >= 15 is 0 Å². The van der Waals surface area contributed by atoms with Gasteiger partial charge >= 0.3 is 6.18 Å². The zero-order valence-electron chi connectivity index (χ0n) is 9.21. The summed E-state index contributed by atoms with van der Waals surface area (Å²) >= 11 is 0. The van der Waals surface area contributed by atoms with Gasteiger partial charge in [0.05, 0.1) is 0 Å². The molecule has 0 radical (unpaired) electrons. The minimum atomic E-state index is -4.36. The van der Waals surface area contributed by atoms with Crippen molar-refractivity contribution in [1.29, 1.82) is 0 Å². The number of alkyl halides is 3. The minimum absolute atomic E-state index is 0.0967. The second-order valence-electron chi connectivity index (χ2n) is 3.72. The summed E-state index contributed by atoms with van der Waals surface area (Å²) < 4.78 is 43.6. The summed E-state index contributed by atoms with van der Waals surface area (Å²) in [5.74, 6) is -0.0967. The normalized spacial score (nSPS) is 14.1. The van der Waals surface area contributed by atoms with Crippen LogP contribution in [0.25, 0.3) is 11.0 Å². The number of halogens is 3. The van der Waals surface area contributed by atoms with Gasteiger partial charge in [0, 0.05) is 5.39 Å². The van der Waals surface area contributed by atoms with E-state index in [1.807, 2.05) is 0 Å². The Bertz CT molecular complexity index is 471. The molecule has 1 aromatic heterocycles. The van der Waals surface area contributed by atoms with Crippen LogP contribution in [0.1, 0.15) is 18.7 Å². The van der Waals surface area contributed by atoms with E-state index in [2.05, 4.69) is 5.32 Å². The van der Waals surface area contributed by atoms with E-state index in [0.29, 0.717) is 11.0 Å². The highest BCUT2D eigenvalue weighted by atomic mass is 19.4. The maximum absolute atomic E-state index is 12.8. The van der Waals surface area contributed by atoms with Crippen molar-refractivity contribution in [1.82, 2.24) is 5.32 Å². The number of furan rings is 1. The molecule has 1 atom stereocenters. The first-order valence-corrected chi connectivity index (χ1v) is 5.31. The van der Waals surface area contributed by atoms with Gasteiger partial charge in [-0.25, -0.2) is 0 Å². The molecule has 2 nitrogen and oxygen atoms in total. The lowest BCUT2D eigenvalue weighted by Gasteiger charge is -2.18. The van der Waals surface area contributed by atoms with Crippen LogP contribution >= 0.6 is 0 Å². The van der Waals surface area contributed by atoms with Crippen molar-refractivity contribution < 1.29 is 17.6 Å². The average Bonchev–Trinajstić information content (AvgIpc) is 2.67. The van der Waals surface area contributed by atoms with Gasteiger partial charge in [0.2, 0.25) is 0 Å². The standard InChI is InChI=1S/C12H12F3NO/c1-2-16-11(12(13,14)15)10-7-8-5-3-4-6-9(8)17-10/h3-7,11,16H,2H2,1H3. The molecule has 0 fully saturated rings. The largest absolute Gasteiger partial charge is 0.459 e. The van der Waals surface area contributed by atoms with Crippen LogP contribution in [0.4, 0.5) is 13.2 Å². The molecule has 1 unspecified atom stereocenters. The molecule has 92 valence electrons. The maximum Gasteiger partial charge on any atom is 0.410 e. The van der Waals surface area contributed by atoms with Gasteiger partial charge in [0.25, 0.3) is 0 Å². The number of rotatable bonds is 3. The van der Waals surface area contributed by atoms with Crippen LogP contribution in [0.3, 0.4) is 0 Å². The first-order valence-electron chi connectivity index (χ1n) is 5.31. The van der Waals surface area contributed by atoms with Crippen molar-refractivity contribution in [2.24, 2.45) is 0 Å². The Morgan fingerprint density at radius 1 is 1.29 bits per heavy atom. The summed E-state index contributed by atoms with van der Waals surface area (Å²) in [6.45, 7) is 1.85. The molecule has 0 aliphatic rings. The first-order chi connectivity index (χ1) is 8.02. The van der Waals surface area contributed by atoms with Crippen LogP contribution in [-0.2, 0) is 0 Å². The van der Waals surface area contributed by atoms with Crippen LogP contribution < -0.4 is 5.32 Å². The van der Waals surface area contributed by atoms with E-state index in [9.17, 15) is 13.2 Å². The Hall–Kier alpha value is -1.49. The van der Waals surface area contributed by atoms with E-state index in [-0.39, 0.29) is 12.3 Å². The van der Waals surface area contributed by atoms with Gasteiger partial charge in [0.1, 0.15) is 11.3 Å². The third-order valence-electron chi connectivity index (χ3n) is 2.46. The lowest BCUT2D eigenvalue weighted by Crippen LogP contribution is -2.33. The summed E-state index contributed by atoms with van der Waals surface area (Å²) in [6, 6.07) is 6.54. The average molecular weight is 243 g/mol. The number of hydrogen-bond acceptors (Lipinski definition) is 2. The SMILES string of the molecule is CCNC(c1cc2ccccc2o1)C(F)(F)F. The van der Waals surface area contributed by atoms with Crippen LogP contribution in [-0.4, -0.2) is 12.7 Å². The number of hydrogen-bond donors (Lipinski definition) is 1. The zero-order chi connectivity index (χ0) is 12.5. The Morgan fingerprint density at radius 3 is 2.59 bits per heavy atom. The predicted molar refractivity (Wildman–Crippen MR) is 58.7 cm³/mol. The maximum atomic E-state index is 12.8. The summed E-state index contributed by atoms with van der Waals surface area (Å²) in [4.78, 5) is 0. The highest BCUT2D eigenvalue weighted by Crippen LogP contribution is 2.35. The van der Waals surface area contributed by atoms with Gasteiger partial charge in [0.15, 0.2) is 6.04 Å². The molecule has 0 bridgehead atoms. The van der Waals surface area contributed by atoms with Crippen LogP contribution in [0, 0.1) is 0 Å². The monoisotopic (exact) mass is 243 g/mol. The molecular weight excluding hydrogens is 231 g/mol. The van der Waals surface area contributed by atoms with Gasteiger partial charge in [-0.2, -0.15) is 13.2 Å². The van der Waals surface area contributed by atoms with Crippen molar-refractivity contribution in [2.45, 2.75) is 19.1 Å². The fourth-order valence-electron chi connectivity index (χ4n) is 1.73. The molecular formula is C12H12F3NO. The molecule has 2 rings (SSSR count). The van der Waals surface area contributed by atoms with Crippen molar-refractivity contribution in [3.8, 4) is 0 Å².